The molecule has 0 aliphatic rings. The number of thiophene rings is 1. The van der Waals surface area contributed by atoms with Crippen molar-refractivity contribution in [1.29, 1.82) is 0 Å². The molecule has 2 heterocycles. The van der Waals surface area contributed by atoms with Gasteiger partial charge in [-0.3, -0.25) is 4.79 Å². The van der Waals surface area contributed by atoms with Crippen molar-refractivity contribution in [1.82, 2.24) is 4.57 Å². The third-order valence-corrected chi connectivity index (χ3v) is 4.71. The molecule has 0 aliphatic carbocycles. The van der Waals surface area contributed by atoms with Crippen LogP contribution in [0, 0.1) is 0 Å². The van der Waals surface area contributed by atoms with Crippen molar-refractivity contribution < 1.29 is 9.53 Å². The predicted molar refractivity (Wildman–Crippen MR) is 96.2 cm³/mol. The minimum Gasteiger partial charge on any atom is -0.495 e. The number of hydrogen-bond donors (Lipinski definition) is 1. The first kappa shape index (κ1) is 15.9. The minimum absolute atomic E-state index is 0.178. The van der Waals surface area contributed by atoms with E-state index < -0.39 is 0 Å². The molecule has 0 saturated heterocycles. The molecule has 2 aromatic heterocycles. The molecule has 0 fully saturated rings. The summed E-state index contributed by atoms with van der Waals surface area (Å²) < 4.78 is 8.42. The number of anilines is 1. The van der Waals surface area contributed by atoms with Gasteiger partial charge in [-0.05, 0) is 49.6 Å². The van der Waals surface area contributed by atoms with Gasteiger partial charge in [0.05, 0.1) is 23.0 Å². The van der Waals surface area contributed by atoms with Gasteiger partial charge in [0.15, 0.2) is 0 Å². The lowest BCUT2D eigenvalue weighted by atomic mass is 10.2. The number of halogens is 1. The molecule has 6 heteroatoms. The Balaban J connectivity index is 2.00. The average molecular weight is 349 g/mol. The maximum Gasteiger partial charge on any atom is 0.272 e. The van der Waals surface area contributed by atoms with Crippen LogP contribution in [0.4, 0.5) is 5.69 Å². The topological polar surface area (TPSA) is 43.3 Å². The van der Waals surface area contributed by atoms with Crippen LogP contribution in [0.2, 0.25) is 5.02 Å². The van der Waals surface area contributed by atoms with Crippen LogP contribution in [-0.2, 0) is 0 Å². The molecule has 0 aliphatic heterocycles. The summed E-state index contributed by atoms with van der Waals surface area (Å²) in [4.78, 5) is 12.8. The number of carbonyl (C=O) groups excluding carboxylic acids is 1. The molecule has 0 saturated carbocycles. The van der Waals surface area contributed by atoms with Crippen molar-refractivity contribution in [2.75, 3.05) is 12.4 Å². The summed E-state index contributed by atoms with van der Waals surface area (Å²) in [5.41, 5.74) is 2.27. The number of hydrogen-bond acceptors (Lipinski definition) is 3. The van der Waals surface area contributed by atoms with Gasteiger partial charge in [0.2, 0.25) is 0 Å². The zero-order valence-corrected chi connectivity index (χ0v) is 14.7. The lowest BCUT2D eigenvalue weighted by molar-refractivity contribution is 0.101. The molecule has 120 valence electrons. The predicted octanol–water partition coefficient (Wildman–Crippen LogP) is 5.20. The van der Waals surface area contributed by atoms with E-state index in [9.17, 15) is 4.79 Å². The van der Waals surface area contributed by atoms with Gasteiger partial charge >= 0.3 is 0 Å². The van der Waals surface area contributed by atoms with E-state index in [0.717, 1.165) is 10.2 Å². The number of benzene rings is 1. The van der Waals surface area contributed by atoms with Crippen molar-refractivity contribution in [3.8, 4) is 5.75 Å². The van der Waals surface area contributed by atoms with E-state index >= 15 is 0 Å². The molecule has 1 amide bonds. The van der Waals surface area contributed by atoms with Gasteiger partial charge < -0.3 is 14.6 Å². The number of carbonyl (C=O) groups is 1. The fraction of sp³-hybridized carbons (Fsp3) is 0.235. The third-order valence-electron chi connectivity index (χ3n) is 3.62. The Kier molecular flexibility index (Phi) is 4.33. The first-order valence-electron chi connectivity index (χ1n) is 7.24. The fourth-order valence-electron chi connectivity index (χ4n) is 2.64. The molecule has 23 heavy (non-hydrogen) atoms. The standard InChI is InChI=1S/C17H17ClN2O2S/c1-10(2)20-13-6-7-23-16(13)9-14(20)17(21)19-12-8-11(18)4-5-15(12)22-3/h4-10H,1-3H3,(H,19,21). The molecule has 0 bridgehead atoms. The van der Waals surface area contributed by atoms with Crippen LogP contribution in [0.3, 0.4) is 0 Å². The maximum absolute atomic E-state index is 12.8. The highest BCUT2D eigenvalue weighted by molar-refractivity contribution is 7.17. The van der Waals surface area contributed by atoms with E-state index in [-0.39, 0.29) is 11.9 Å². The Morgan fingerprint density at radius 1 is 1.30 bits per heavy atom. The van der Waals surface area contributed by atoms with E-state index in [0.29, 0.717) is 22.2 Å². The van der Waals surface area contributed by atoms with Crippen LogP contribution in [0.5, 0.6) is 5.75 Å². The second-order valence-corrected chi connectivity index (χ2v) is 6.85. The first-order valence-corrected chi connectivity index (χ1v) is 8.50. The van der Waals surface area contributed by atoms with Crippen LogP contribution in [-0.4, -0.2) is 17.6 Å². The van der Waals surface area contributed by atoms with Crippen LogP contribution < -0.4 is 10.1 Å². The normalized spacial score (nSPS) is 11.2. The van der Waals surface area contributed by atoms with Gasteiger partial charge in [-0.15, -0.1) is 11.3 Å². The second kappa shape index (κ2) is 6.26. The summed E-state index contributed by atoms with van der Waals surface area (Å²) in [5, 5.41) is 5.48. The number of fused-ring (bicyclic) bond motifs is 1. The van der Waals surface area contributed by atoms with Crippen LogP contribution >= 0.6 is 22.9 Å². The van der Waals surface area contributed by atoms with E-state index in [1.807, 2.05) is 22.1 Å². The summed E-state index contributed by atoms with van der Waals surface area (Å²) in [7, 11) is 1.56. The molecule has 0 atom stereocenters. The lowest BCUT2D eigenvalue weighted by Gasteiger charge is -2.15. The third kappa shape index (κ3) is 2.94. The Labute approximate surface area is 143 Å². The van der Waals surface area contributed by atoms with Crippen LogP contribution in [0.15, 0.2) is 35.7 Å². The summed E-state index contributed by atoms with van der Waals surface area (Å²) in [6, 6.07) is 9.29. The summed E-state index contributed by atoms with van der Waals surface area (Å²) in [6.07, 6.45) is 0. The van der Waals surface area contributed by atoms with Crippen molar-refractivity contribution in [2.24, 2.45) is 0 Å². The summed E-state index contributed by atoms with van der Waals surface area (Å²) in [6.45, 7) is 4.13. The van der Waals surface area contributed by atoms with E-state index in [1.54, 1.807) is 36.6 Å². The van der Waals surface area contributed by atoms with Gasteiger partial charge in [-0.2, -0.15) is 0 Å². The summed E-state index contributed by atoms with van der Waals surface area (Å²) in [5.74, 6) is 0.398. The number of rotatable bonds is 4. The number of aromatic nitrogens is 1. The fourth-order valence-corrected chi connectivity index (χ4v) is 3.62. The van der Waals surface area contributed by atoms with Gasteiger partial charge in [-0.25, -0.2) is 0 Å². The Hall–Kier alpha value is -1.98. The molecular formula is C17H17ClN2O2S. The van der Waals surface area contributed by atoms with E-state index in [1.165, 1.54) is 0 Å². The highest BCUT2D eigenvalue weighted by atomic mass is 35.5. The highest BCUT2D eigenvalue weighted by Crippen LogP contribution is 2.31. The molecular weight excluding hydrogens is 332 g/mol. The zero-order chi connectivity index (χ0) is 16.6. The molecule has 1 N–H and O–H groups in total. The number of nitrogens with zero attached hydrogens (tertiary/aromatic N) is 1. The van der Waals surface area contributed by atoms with Gasteiger partial charge in [0.1, 0.15) is 11.4 Å². The van der Waals surface area contributed by atoms with Gasteiger partial charge in [0.25, 0.3) is 5.91 Å². The number of methoxy groups -OCH3 is 1. The van der Waals surface area contributed by atoms with Crippen LogP contribution in [0.25, 0.3) is 10.2 Å². The van der Waals surface area contributed by atoms with Crippen LogP contribution in [0.1, 0.15) is 30.4 Å². The smallest absolute Gasteiger partial charge is 0.272 e. The summed E-state index contributed by atoms with van der Waals surface area (Å²) >= 11 is 7.65. The highest BCUT2D eigenvalue weighted by Gasteiger charge is 2.19. The van der Waals surface area contributed by atoms with Crippen molar-refractivity contribution in [3.63, 3.8) is 0 Å². The molecule has 0 radical (unpaired) electrons. The van der Waals surface area contributed by atoms with Crippen molar-refractivity contribution in [2.45, 2.75) is 19.9 Å². The number of ether oxygens (including phenoxy) is 1. The average Bonchev–Trinajstić information content (AvgIpc) is 3.07. The number of nitrogens with one attached hydrogen (secondary N) is 1. The minimum atomic E-state index is -0.178. The monoisotopic (exact) mass is 348 g/mol. The van der Waals surface area contributed by atoms with Gasteiger partial charge in [-0.1, -0.05) is 11.6 Å². The number of amides is 1. The second-order valence-electron chi connectivity index (χ2n) is 5.46. The first-order chi connectivity index (χ1) is 11.0. The van der Waals surface area contributed by atoms with Gasteiger partial charge in [0, 0.05) is 11.1 Å². The van der Waals surface area contributed by atoms with Crippen molar-refractivity contribution >= 4 is 44.7 Å². The molecule has 0 spiro atoms. The SMILES string of the molecule is COc1ccc(Cl)cc1NC(=O)c1cc2sccc2n1C(C)C. The Bertz CT molecular complexity index is 867. The maximum atomic E-state index is 12.8. The molecule has 0 unspecified atom stereocenters. The molecule has 3 rings (SSSR count). The Morgan fingerprint density at radius 3 is 2.78 bits per heavy atom. The molecule has 4 nitrogen and oxygen atoms in total. The van der Waals surface area contributed by atoms with E-state index in [2.05, 4.69) is 19.2 Å². The molecule has 3 aromatic rings. The zero-order valence-electron chi connectivity index (χ0n) is 13.1. The Morgan fingerprint density at radius 2 is 2.09 bits per heavy atom. The quantitative estimate of drug-likeness (QED) is 0.704. The van der Waals surface area contributed by atoms with E-state index in [4.69, 9.17) is 16.3 Å². The van der Waals surface area contributed by atoms with Crippen molar-refractivity contribution in [3.05, 3.63) is 46.4 Å². The molecule has 1 aromatic carbocycles. The largest absolute Gasteiger partial charge is 0.495 e. The lowest BCUT2D eigenvalue weighted by Crippen LogP contribution is -2.18.